The minimum atomic E-state index is -1.74. The van der Waals surface area contributed by atoms with Gasteiger partial charge in [0.1, 0.15) is 22.8 Å². The van der Waals surface area contributed by atoms with Crippen molar-refractivity contribution in [2.75, 3.05) is 11.5 Å². The molecule has 0 spiro atoms. The zero-order valence-electron chi connectivity index (χ0n) is 16.9. The molecule has 12 nitrogen and oxygen atoms in total. The van der Waals surface area contributed by atoms with E-state index in [4.69, 9.17) is 10.6 Å². The first-order chi connectivity index (χ1) is 15.0. The van der Waals surface area contributed by atoms with Gasteiger partial charge in [0.2, 0.25) is 5.60 Å². The van der Waals surface area contributed by atoms with Crippen molar-refractivity contribution in [2.24, 2.45) is 5.16 Å². The normalized spacial score (nSPS) is 20.9. The van der Waals surface area contributed by atoms with Crippen molar-refractivity contribution < 1.29 is 34.2 Å². The molecular formula is C18H19N5O7S2. The molecule has 0 aliphatic carbocycles. The lowest BCUT2D eigenvalue weighted by Crippen LogP contribution is -2.71. The highest BCUT2D eigenvalue weighted by Crippen LogP contribution is 2.40. The lowest BCUT2D eigenvalue weighted by atomic mass is 10.0. The molecule has 1 saturated heterocycles. The van der Waals surface area contributed by atoms with Crippen LogP contribution >= 0.6 is 23.1 Å². The maximum Gasteiger partial charge on any atom is 0.352 e. The highest BCUT2D eigenvalue weighted by Gasteiger charge is 2.54. The molecule has 1 unspecified atom stereocenters. The van der Waals surface area contributed by atoms with Crippen molar-refractivity contribution in [1.29, 1.82) is 0 Å². The molecule has 32 heavy (non-hydrogen) atoms. The van der Waals surface area contributed by atoms with Crippen molar-refractivity contribution in [2.45, 2.75) is 30.9 Å². The number of oxime groups is 1. The van der Waals surface area contributed by atoms with Crippen LogP contribution in [0.1, 0.15) is 19.5 Å². The Morgan fingerprint density at radius 2 is 2.12 bits per heavy atom. The molecule has 1 aromatic heterocycles. The third-order valence-electron chi connectivity index (χ3n) is 4.59. The van der Waals surface area contributed by atoms with Crippen LogP contribution in [0.3, 0.4) is 0 Å². The Hall–Kier alpha value is -3.39. The number of aromatic nitrogens is 1. The van der Waals surface area contributed by atoms with Crippen molar-refractivity contribution in [1.82, 2.24) is 15.2 Å². The highest BCUT2D eigenvalue weighted by atomic mass is 32.2. The number of carboxylic acid groups (broad SMARTS) is 2. The van der Waals surface area contributed by atoms with Crippen LogP contribution in [0.25, 0.3) is 0 Å². The minimum absolute atomic E-state index is 0.0335. The maximum atomic E-state index is 12.9. The number of nitrogens with two attached hydrogens (primary N) is 1. The van der Waals surface area contributed by atoms with Gasteiger partial charge in [0.05, 0.1) is 0 Å². The first-order valence-corrected chi connectivity index (χ1v) is 11.0. The smallest absolute Gasteiger partial charge is 0.352 e. The Labute approximate surface area is 189 Å². The molecule has 0 bridgehead atoms. The number of carbonyl (C=O) groups excluding carboxylic acids is 2. The summed E-state index contributed by atoms with van der Waals surface area (Å²) >= 11 is 2.30. The van der Waals surface area contributed by atoms with Crippen LogP contribution in [0.4, 0.5) is 5.13 Å². The largest absolute Gasteiger partial charge is 0.478 e. The van der Waals surface area contributed by atoms with E-state index in [0.717, 1.165) is 16.2 Å². The summed E-state index contributed by atoms with van der Waals surface area (Å²) in [4.78, 5) is 58.6. The zero-order valence-corrected chi connectivity index (χ0v) is 18.5. The third-order valence-corrected chi connectivity index (χ3v) is 6.57. The molecule has 3 rings (SSSR count). The number of nitrogens with zero attached hydrogens (tertiary/aromatic N) is 3. The Bertz CT molecular complexity index is 1080. The van der Waals surface area contributed by atoms with E-state index >= 15 is 0 Å². The lowest BCUT2D eigenvalue weighted by Gasteiger charge is -2.49. The van der Waals surface area contributed by atoms with E-state index in [-0.39, 0.29) is 22.2 Å². The summed E-state index contributed by atoms with van der Waals surface area (Å²) < 4.78 is 0. The zero-order chi connectivity index (χ0) is 23.8. The molecule has 5 N–H and O–H groups in total. The standard InChI is InChI=1S/C18H19N5O7S2/c1-4-7-5-31-14-10(13(25)23(14)11(7)15(26)27)21-12(24)9(8-6-32-17(19)20-8)22-30-18(2,3)16(28)29/h4,6,10,14H,1,5H2,2-3H3,(H2,19,20)(H,21,24)(H,26,27)(H,28,29)/t10?,14-/m1/s1. The number of aliphatic carboxylic acids is 2. The van der Waals surface area contributed by atoms with E-state index in [1.807, 2.05) is 0 Å². The molecule has 3 heterocycles. The molecule has 2 aliphatic heterocycles. The van der Waals surface area contributed by atoms with E-state index in [9.17, 15) is 29.4 Å². The number of carboxylic acids is 2. The summed E-state index contributed by atoms with van der Waals surface area (Å²) in [5.41, 5.74) is 3.77. The summed E-state index contributed by atoms with van der Waals surface area (Å²) in [5.74, 6) is -3.76. The van der Waals surface area contributed by atoms with Crippen molar-refractivity contribution in [3.05, 3.63) is 35.0 Å². The van der Waals surface area contributed by atoms with E-state index < -0.39 is 40.8 Å². The fourth-order valence-corrected chi connectivity index (χ4v) is 4.70. The van der Waals surface area contributed by atoms with Crippen LogP contribution < -0.4 is 11.1 Å². The molecule has 1 aromatic rings. The van der Waals surface area contributed by atoms with E-state index in [1.54, 1.807) is 0 Å². The number of thiazole rings is 1. The second kappa shape index (κ2) is 8.63. The first-order valence-electron chi connectivity index (χ1n) is 9.03. The Balaban J connectivity index is 1.84. The van der Waals surface area contributed by atoms with E-state index in [1.165, 1.54) is 37.1 Å². The first kappa shape index (κ1) is 23.3. The molecule has 2 atom stereocenters. The third kappa shape index (κ3) is 4.18. The SMILES string of the molecule is C=CC1=C(C(=O)O)N2C(=O)C(NC(=O)C(=NOC(C)(C)C(=O)O)c3csc(N)n3)[C@H]2SC1. The minimum Gasteiger partial charge on any atom is -0.478 e. The number of hydrogen-bond donors (Lipinski definition) is 4. The molecule has 2 aliphatic rings. The van der Waals surface area contributed by atoms with Crippen LogP contribution in [-0.4, -0.2) is 72.3 Å². The quantitative estimate of drug-likeness (QED) is 0.228. The van der Waals surface area contributed by atoms with Crippen molar-refractivity contribution in [3.8, 4) is 0 Å². The van der Waals surface area contributed by atoms with Crippen LogP contribution in [0.2, 0.25) is 0 Å². The van der Waals surface area contributed by atoms with Gasteiger partial charge < -0.3 is 26.1 Å². The summed E-state index contributed by atoms with van der Waals surface area (Å²) in [5, 5.41) is 25.8. The molecule has 0 aromatic carbocycles. The molecule has 14 heteroatoms. The number of anilines is 1. The monoisotopic (exact) mass is 481 g/mol. The number of nitrogen functional groups attached to an aromatic ring is 1. The van der Waals surface area contributed by atoms with E-state index in [0.29, 0.717) is 11.3 Å². The number of amides is 2. The van der Waals surface area contributed by atoms with Crippen LogP contribution in [0.5, 0.6) is 0 Å². The van der Waals surface area contributed by atoms with Gasteiger partial charge in [0, 0.05) is 11.1 Å². The molecule has 170 valence electrons. The number of allylic oxidation sites excluding steroid dienone is 1. The number of thioether (sulfide) groups is 1. The molecular weight excluding hydrogens is 462 g/mol. The summed E-state index contributed by atoms with van der Waals surface area (Å²) in [6.45, 7) is 6.06. The van der Waals surface area contributed by atoms with Gasteiger partial charge in [0.25, 0.3) is 11.8 Å². The summed E-state index contributed by atoms with van der Waals surface area (Å²) in [6, 6.07) is -1.03. The number of β-lactam (4-membered cyclic amide) rings is 1. The van der Waals surface area contributed by atoms with Crippen LogP contribution in [0.15, 0.2) is 34.5 Å². The Morgan fingerprint density at radius 1 is 1.44 bits per heavy atom. The van der Waals surface area contributed by atoms with Gasteiger partial charge in [-0.3, -0.25) is 14.5 Å². The van der Waals surface area contributed by atoms with Gasteiger partial charge in [-0.2, -0.15) is 0 Å². The predicted molar refractivity (Wildman–Crippen MR) is 116 cm³/mol. The van der Waals surface area contributed by atoms with Crippen LogP contribution in [-0.2, 0) is 24.0 Å². The number of rotatable bonds is 8. The average molecular weight is 482 g/mol. The number of carbonyl (C=O) groups is 4. The van der Waals surface area contributed by atoms with Gasteiger partial charge in [-0.05, 0) is 19.4 Å². The van der Waals surface area contributed by atoms with Gasteiger partial charge >= 0.3 is 11.9 Å². The van der Waals surface area contributed by atoms with Gasteiger partial charge in [-0.25, -0.2) is 14.6 Å². The molecule has 0 radical (unpaired) electrons. The highest BCUT2D eigenvalue weighted by molar-refractivity contribution is 8.00. The van der Waals surface area contributed by atoms with Gasteiger partial charge in [-0.1, -0.05) is 17.8 Å². The average Bonchev–Trinajstić information content (AvgIpc) is 3.16. The van der Waals surface area contributed by atoms with Gasteiger partial charge in [-0.15, -0.1) is 23.1 Å². The molecule has 1 fully saturated rings. The van der Waals surface area contributed by atoms with Crippen molar-refractivity contribution in [3.63, 3.8) is 0 Å². The number of hydrogen-bond acceptors (Lipinski definition) is 10. The van der Waals surface area contributed by atoms with Gasteiger partial charge in [0.15, 0.2) is 10.8 Å². The Morgan fingerprint density at radius 3 is 2.66 bits per heavy atom. The Kier molecular flexibility index (Phi) is 6.27. The fraction of sp³-hybridized carbons (Fsp3) is 0.333. The molecule has 2 amide bonds. The van der Waals surface area contributed by atoms with E-state index in [2.05, 4.69) is 22.0 Å². The topological polar surface area (TPSA) is 185 Å². The summed E-state index contributed by atoms with van der Waals surface area (Å²) in [6.07, 6.45) is 1.38. The van der Waals surface area contributed by atoms with Crippen LogP contribution in [0, 0.1) is 0 Å². The predicted octanol–water partition coefficient (Wildman–Crippen LogP) is 0.234. The maximum absolute atomic E-state index is 12.9. The number of nitrogens with one attached hydrogen (secondary N) is 1. The lowest BCUT2D eigenvalue weighted by molar-refractivity contribution is -0.161. The number of fused-ring (bicyclic) bond motifs is 1. The van der Waals surface area contributed by atoms with Crippen molar-refractivity contribution >= 4 is 57.7 Å². The molecule has 0 saturated carbocycles. The second-order valence-electron chi connectivity index (χ2n) is 7.16. The summed E-state index contributed by atoms with van der Waals surface area (Å²) in [7, 11) is 0. The second-order valence-corrected chi connectivity index (χ2v) is 9.16. The fourth-order valence-electron chi connectivity index (χ4n) is 2.81.